The number of rotatable bonds is 13. The van der Waals surface area contributed by atoms with Gasteiger partial charge < -0.3 is 14.8 Å². The van der Waals surface area contributed by atoms with Crippen molar-refractivity contribution in [3.63, 3.8) is 0 Å². The summed E-state index contributed by atoms with van der Waals surface area (Å²) in [6, 6.07) is 8.63. The molecule has 1 aromatic rings. The first-order chi connectivity index (χ1) is 15.8. The fraction of sp³-hybridized carbons (Fsp3) is 0.615. The Balaban J connectivity index is 1.67. The van der Waals surface area contributed by atoms with Crippen LogP contribution < -0.4 is 5.32 Å². The summed E-state index contributed by atoms with van der Waals surface area (Å²) in [5, 5.41) is 2.69. The molecule has 7 heteroatoms. The van der Waals surface area contributed by atoms with Gasteiger partial charge in [0, 0.05) is 25.2 Å². The van der Waals surface area contributed by atoms with Gasteiger partial charge in [-0.15, -0.1) is 0 Å². The van der Waals surface area contributed by atoms with Gasteiger partial charge in [-0.3, -0.25) is 14.4 Å². The molecule has 0 radical (unpaired) electrons. The second-order valence-electron chi connectivity index (χ2n) is 9.71. The highest BCUT2D eigenvalue weighted by Gasteiger charge is 2.34. The van der Waals surface area contributed by atoms with Crippen LogP contribution in [0.3, 0.4) is 0 Å². The Kier molecular flexibility index (Phi) is 9.18. The van der Waals surface area contributed by atoms with E-state index in [9.17, 15) is 19.2 Å². The van der Waals surface area contributed by atoms with Crippen LogP contribution in [0.5, 0.6) is 0 Å². The molecule has 1 amide bonds. The summed E-state index contributed by atoms with van der Waals surface area (Å²) in [4.78, 5) is 51.2. The minimum Gasteiger partial charge on any atom is -0.444 e. The van der Waals surface area contributed by atoms with Gasteiger partial charge in [-0.05, 0) is 43.1 Å². The van der Waals surface area contributed by atoms with Gasteiger partial charge in [0.05, 0.1) is 19.3 Å². The van der Waals surface area contributed by atoms with Crippen molar-refractivity contribution in [2.45, 2.75) is 70.9 Å². The first kappa shape index (κ1) is 25.1. The van der Waals surface area contributed by atoms with Crippen LogP contribution in [0.15, 0.2) is 30.3 Å². The quantitative estimate of drug-likeness (QED) is 0.454. The van der Waals surface area contributed by atoms with E-state index in [4.69, 9.17) is 9.47 Å². The van der Waals surface area contributed by atoms with Crippen LogP contribution >= 0.6 is 0 Å². The van der Waals surface area contributed by atoms with Gasteiger partial charge in [-0.1, -0.05) is 44.2 Å². The Morgan fingerprint density at radius 3 is 2.42 bits per heavy atom. The fourth-order valence-electron chi connectivity index (χ4n) is 4.13. The number of carbonyl (C=O) groups is 4. The molecule has 1 heterocycles. The Morgan fingerprint density at radius 2 is 1.82 bits per heavy atom. The maximum absolute atomic E-state index is 13.3. The average molecular weight is 458 g/mol. The van der Waals surface area contributed by atoms with Gasteiger partial charge in [-0.25, -0.2) is 4.79 Å². The smallest absolute Gasteiger partial charge is 0.408 e. The zero-order chi connectivity index (χ0) is 23.8. The maximum Gasteiger partial charge on any atom is 0.408 e. The minimum atomic E-state index is -0.774. The van der Waals surface area contributed by atoms with Gasteiger partial charge in [-0.2, -0.15) is 0 Å². The van der Waals surface area contributed by atoms with Crippen molar-refractivity contribution in [2.75, 3.05) is 13.2 Å². The number of carbonyl (C=O) groups excluding carboxylic acids is 4. The number of benzene rings is 1. The van der Waals surface area contributed by atoms with Crippen molar-refractivity contribution < 1.29 is 28.7 Å². The van der Waals surface area contributed by atoms with Crippen LogP contribution in [0.2, 0.25) is 0 Å². The molecular weight excluding hydrogens is 422 g/mol. The molecule has 1 aromatic carbocycles. The Morgan fingerprint density at radius 1 is 1.09 bits per heavy atom. The lowest BCUT2D eigenvalue weighted by atomic mass is 9.85. The number of ether oxygens (including phenoxy) is 2. The van der Waals surface area contributed by atoms with Crippen molar-refractivity contribution in [2.24, 2.45) is 17.8 Å². The van der Waals surface area contributed by atoms with E-state index in [-0.39, 0.29) is 36.4 Å². The second kappa shape index (κ2) is 12.1. The summed E-state index contributed by atoms with van der Waals surface area (Å²) in [5.74, 6) is -1.40. The van der Waals surface area contributed by atoms with Crippen molar-refractivity contribution in [1.29, 1.82) is 0 Å². The van der Waals surface area contributed by atoms with Crippen LogP contribution in [0, 0.1) is 17.8 Å². The summed E-state index contributed by atoms with van der Waals surface area (Å²) in [5.41, 5.74) is 0.900. The molecule has 1 aliphatic carbocycles. The Labute approximate surface area is 195 Å². The third-order valence-corrected chi connectivity index (χ3v) is 6.14. The van der Waals surface area contributed by atoms with Gasteiger partial charge in [0.2, 0.25) is 5.78 Å². The molecular formula is C26H35NO6. The first-order valence-electron chi connectivity index (χ1n) is 12.0. The molecule has 1 N–H and O–H groups in total. The lowest BCUT2D eigenvalue weighted by Gasteiger charge is -2.23. The molecule has 1 saturated heterocycles. The average Bonchev–Trinajstić information content (AvgIpc) is 3.44. The lowest BCUT2D eigenvalue weighted by Crippen LogP contribution is -2.44. The molecule has 1 saturated carbocycles. The van der Waals surface area contributed by atoms with Crippen LogP contribution in [-0.4, -0.2) is 48.8 Å². The first-order valence-corrected chi connectivity index (χ1v) is 12.0. The number of alkyl carbamates (subject to hydrolysis) is 1. The van der Waals surface area contributed by atoms with E-state index in [1.54, 1.807) is 0 Å². The topological polar surface area (TPSA) is 98.8 Å². The molecule has 2 fully saturated rings. The Hall–Kier alpha value is -2.54. The molecule has 33 heavy (non-hydrogen) atoms. The molecule has 0 unspecified atom stereocenters. The summed E-state index contributed by atoms with van der Waals surface area (Å²) in [6.07, 6.45) is 2.55. The van der Waals surface area contributed by atoms with Gasteiger partial charge >= 0.3 is 6.09 Å². The number of hydrogen-bond donors (Lipinski definition) is 1. The van der Waals surface area contributed by atoms with Crippen molar-refractivity contribution in [3.05, 3.63) is 35.9 Å². The third-order valence-electron chi connectivity index (χ3n) is 6.14. The van der Waals surface area contributed by atoms with Gasteiger partial charge in [0.15, 0.2) is 11.6 Å². The molecule has 0 spiro atoms. The molecule has 1 aliphatic heterocycles. The van der Waals surface area contributed by atoms with E-state index >= 15 is 0 Å². The van der Waals surface area contributed by atoms with Gasteiger partial charge in [0.1, 0.15) is 6.10 Å². The van der Waals surface area contributed by atoms with Crippen LogP contribution in [0.1, 0.15) is 57.9 Å². The largest absolute Gasteiger partial charge is 0.444 e. The molecule has 3 rings (SSSR count). The fourth-order valence-corrected chi connectivity index (χ4v) is 4.13. The van der Waals surface area contributed by atoms with Crippen molar-refractivity contribution >= 4 is 23.4 Å². The van der Waals surface area contributed by atoms with E-state index < -0.39 is 23.8 Å². The highest BCUT2D eigenvalue weighted by molar-refractivity contribution is 6.38. The summed E-state index contributed by atoms with van der Waals surface area (Å²) in [7, 11) is 0. The predicted molar refractivity (Wildman–Crippen MR) is 123 cm³/mol. The normalized spacial score (nSPS) is 19.7. The summed E-state index contributed by atoms with van der Waals surface area (Å²) in [6.45, 7) is 4.82. The number of amides is 1. The number of nitrogens with one attached hydrogen (secondary N) is 1. The minimum absolute atomic E-state index is 0.0889. The highest BCUT2D eigenvalue weighted by Crippen LogP contribution is 2.33. The SMILES string of the molecule is CC(C)C[C@H](NC(=O)O[C@H]1CCOC1)C(=O)C[C@@H](Cc1ccccc1)C(=O)C(=O)CC1CC1. The number of Topliss-reactive ketones (excluding diaryl/α,β-unsaturated/α-hetero) is 3. The van der Waals surface area contributed by atoms with Crippen LogP contribution in [0.25, 0.3) is 0 Å². The molecule has 3 atom stereocenters. The standard InChI is InChI=1S/C26H35NO6/c1-17(2)12-22(27-26(31)33-21-10-11-32-16-21)23(28)15-20(13-18-6-4-3-5-7-18)25(30)24(29)14-19-8-9-19/h3-7,17,19-22H,8-16H2,1-2H3,(H,27,31)/t20-,21+,22+/m1/s1. The highest BCUT2D eigenvalue weighted by atomic mass is 16.6. The second-order valence-corrected chi connectivity index (χ2v) is 9.71. The van der Waals surface area contributed by atoms with E-state index in [0.717, 1.165) is 18.4 Å². The number of hydrogen-bond acceptors (Lipinski definition) is 6. The summed E-state index contributed by atoms with van der Waals surface area (Å²) < 4.78 is 10.6. The van der Waals surface area contributed by atoms with Crippen LogP contribution in [0.4, 0.5) is 4.79 Å². The monoisotopic (exact) mass is 457 g/mol. The maximum atomic E-state index is 13.3. The van der Waals surface area contributed by atoms with E-state index in [1.807, 2.05) is 44.2 Å². The van der Waals surface area contributed by atoms with E-state index in [0.29, 0.717) is 38.4 Å². The van der Waals surface area contributed by atoms with Crippen LogP contribution in [-0.2, 0) is 30.3 Å². The van der Waals surface area contributed by atoms with E-state index in [1.165, 1.54) is 0 Å². The molecule has 7 nitrogen and oxygen atoms in total. The molecule has 0 bridgehead atoms. The van der Waals surface area contributed by atoms with Gasteiger partial charge in [0.25, 0.3) is 0 Å². The molecule has 0 aromatic heterocycles. The lowest BCUT2D eigenvalue weighted by molar-refractivity contribution is -0.140. The van der Waals surface area contributed by atoms with Crippen molar-refractivity contribution in [3.8, 4) is 0 Å². The predicted octanol–water partition coefficient (Wildman–Crippen LogP) is 3.67. The summed E-state index contributed by atoms with van der Waals surface area (Å²) >= 11 is 0. The zero-order valence-electron chi connectivity index (χ0n) is 19.6. The molecule has 180 valence electrons. The van der Waals surface area contributed by atoms with Crippen molar-refractivity contribution in [1.82, 2.24) is 5.32 Å². The zero-order valence-corrected chi connectivity index (χ0v) is 19.6. The van der Waals surface area contributed by atoms with E-state index in [2.05, 4.69) is 5.32 Å². The molecule has 2 aliphatic rings. The number of ketones is 3. The third kappa shape index (κ3) is 8.39. The Bertz CT molecular complexity index is 826.